The number of benzene rings is 2. The number of nitrogens with zero attached hydrogens (tertiary/aromatic N) is 2. The first-order chi connectivity index (χ1) is 12.1. The lowest BCUT2D eigenvalue weighted by Gasteiger charge is -2.10. The Kier molecular flexibility index (Phi) is 5.00. The largest absolute Gasteiger partial charge is 0.497 e. The van der Waals surface area contributed by atoms with Gasteiger partial charge in [-0.05, 0) is 55.5 Å². The summed E-state index contributed by atoms with van der Waals surface area (Å²) in [5, 5.41) is 7.40. The van der Waals surface area contributed by atoms with E-state index < -0.39 is 6.04 Å². The van der Waals surface area contributed by atoms with Crippen LogP contribution in [-0.2, 0) is 0 Å². The van der Waals surface area contributed by atoms with Crippen molar-refractivity contribution < 1.29 is 14.1 Å². The Morgan fingerprint density at radius 2 is 1.84 bits per heavy atom. The molecule has 0 saturated heterocycles. The van der Waals surface area contributed by atoms with E-state index in [9.17, 15) is 4.79 Å². The van der Waals surface area contributed by atoms with Crippen LogP contribution >= 0.6 is 11.6 Å². The molecule has 0 radical (unpaired) electrons. The summed E-state index contributed by atoms with van der Waals surface area (Å²) in [6, 6.07) is 13.5. The molecule has 128 valence electrons. The van der Waals surface area contributed by atoms with Crippen molar-refractivity contribution in [3.8, 4) is 17.1 Å². The third-order valence-corrected chi connectivity index (χ3v) is 3.87. The Morgan fingerprint density at radius 3 is 2.48 bits per heavy atom. The van der Waals surface area contributed by atoms with Crippen molar-refractivity contribution in [1.82, 2.24) is 15.5 Å². The smallest absolute Gasteiger partial charge is 0.251 e. The van der Waals surface area contributed by atoms with Crippen LogP contribution in [-0.4, -0.2) is 23.2 Å². The SMILES string of the molecule is COc1ccc(C(=O)NC(C)c2nc(-c3ccc(Cl)cc3)no2)cc1. The van der Waals surface area contributed by atoms with E-state index in [0.29, 0.717) is 28.1 Å². The maximum absolute atomic E-state index is 12.3. The highest BCUT2D eigenvalue weighted by atomic mass is 35.5. The molecule has 1 heterocycles. The number of ether oxygens (including phenoxy) is 1. The highest BCUT2D eigenvalue weighted by Gasteiger charge is 2.18. The molecule has 6 nitrogen and oxygen atoms in total. The van der Waals surface area contributed by atoms with Crippen LogP contribution in [0.3, 0.4) is 0 Å². The molecule has 1 amide bonds. The van der Waals surface area contributed by atoms with Crippen molar-refractivity contribution in [1.29, 1.82) is 0 Å². The predicted octanol–water partition coefficient (Wildman–Crippen LogP) is 3.89. The van der Waals surface area contributed by atoms with Gasteiger partial charge in [0.25, 0.3) is 5.91 Å². The Morgan fingerprint density at radius 1 is 1.16 bits per heavy atom. The maximum Gasteiger partial charge on any atom is 0.251 e. The highest BCUT2D eigenvalue weighted by molar-refractivity contribution is 6.30. The van der Waals surface area contributed by atoms with Gasteiger partial charge in [0.15, 0.2) is 0 Å². The fourth-order valence-corrected chi connectivity index (χ4v) is 2.34. The molecule has 0 aliphatic heterocycles. The van der Waals surface area contributed by atoms with Gasteiger partial charge in [0.05, 0.1) is 7.11 Å². The molecule has 0 bridgehead atoms. The van der Waals surface area contributed by atoms with E-state index in [4.69, 9.17) is 20.9 Å². The molecule has 0 aliphatic carbocycles. The Bertz CT molecular complexity index is 860. The second kappa shape index (κ2) is 7.36. The van der Waals surface area contributed by atoms with Crippen molar-refractivity contribution in [3.63, 3.8) is 0 Å². The lowest BCUT2D eigenvalue weighted by atomic mass is 10.2. The Balaban J connectivity index is 1.69. The van der Waals surface area contributed by atoms with Crippen LogP contribution < -0.4 is 10.1 Å². The van der Waals surface area contributed by atoms with Crippen molar-refractivity contribution in [3.05, 3.63) is 65.0 Å². The van der Waals surface area contributed by atoms with Gasteiger partial charge in [0.1, 0.15) is 11.8 Å². The second-order valence-electron chi connectivity index (χ2n) is 5.39. The number of hydrogen-bond acceptors (Lipinski definition) is 5. The molecular weight excluding hydrogens is 342 g/mol. The van der Waals surface area contributed by atoms with Gasteiger partial charge in [-0.15, -0.1) is 0 Å². The number of carbonyl (C=O) groups is 1. The quantitative estimate of drug-likeness (QED) is 0.749. The average Bonchev–Trinajstić information content (AvgIpc) is 3.12. The number of amides is 1. The summed E-state index contributed by atoms with van der Waals surface area (Å²) in [6.45, 7) is 1.78. The topological polar surface area (TPSA) is 77.2 Å². The normalized spacial score (nSPS) is 11.8. The molecule has 1 unspecified atom stereocenters. The number of rotatable bonds is 5. The zero-order chi connectivity index (χ0) is 17.8. The summed E-state index contributed by atoms with van der Waals surface area (Å²) in [5.41, 5.74) is 1.30. The highest BCUT2D eigenvalue weighted by Crippen LogP contribution is 2.21. The van der Waals surface area contributed by atoms with E-state index >= 15 is 0 Å². The van der Waals surface area contributed by atoms with Gasteiger partial charge >= 0.3 is 0 Å². The number of nitrogens with one attached hydrogen (secondary N) is 1. The fourth-order valence-electron chi connectivity index (χ4n) is 2.21. The predicted molar refractivity (Wildman–Crippen MR) is 93.6 cm³/mol. The monoisotopic (exact) mass is 357 g/mol. The van der Waals surface area contributed by atoms with Crippen LogP contribution in [0.15, 0.2) is 53.1 Å². The first-order valence-corrected chi connectivity index (χ1v) is 7.99. The lowest BCUT2D eigenvalue weighted by Crippen LogP contribution is -2.26. The molecule has 0 aliphatic rings. The van der Waals surface area contributed by atoms with Crippen molar-refractivity contribution in [2.75, 3.05) is 7.11 Å². The molecule has 7 heteroatoms. The molecule has 2 aromatic carbocycles. The first kappa shape index (κ1) is 17.0. The van der Waals surface area contributed by atoms with E-state index in [-0.39, 0.29) is 5.91 Å². The molecule has 3 aromatic rings. The number of aromatic nitrogens is 2. The van der Waals surface area contributed by atoms with E-state index in [1.807, 2.05) is 0 Å². The summed E-state index contributed by atoms with van der Waals surface area (Å²) in [6.07, 6.45) is 0. The van der Waals surface area contributed by atoms with Crippen LogP contribution in [0.25, 0.3) is 11.4 Å². The minimum absolute atomic E-state index is 0.235. The molecule has 1 aromatic heterocycles. The number of hydrogen-bond donors (Lipinski definition) is 1. The summed E-state index contributed by atoms with van der Waals surface area (Å²) in [7, 11) is 1.57. The van der Waals surface area contributed by atoms with E-state index in [2.05, 4.69) is 15.5 Å². The molecule has 1 N–H and O–H groups in total. The maximum atomic E-state index is 12.3. The third kappa shape index (κ3) is 3.97. The molecule has 25 heavy (non-hydrogen) atoms. The van der Waals surface area contributed by atoms with Gasteiger partial charge in [-0.25, -0.2) is 0 Å². The van der Waals surface area contributed by atoms with E-state index in [1.54, 1.807) is 62.6 Å². The van der Waals surface area contributed by atoms with Gasteiger partial charge in [-0.2, -0.15) is 4.98 Å². The number of methoxy groups -OCH3 is 1. The third-order valence-electron chi connectivity index (χ3n) is 3.61. The Hall–Kier alpha value is -2.86. The molecule has 0 saturated carbocycles. The van der Waals surface area contributed by atoms with Crippen LogP contribution in [0.5, 0.6) is 5.75 Å². The summed E-state index contributed by atoms with van der Waals surface area (Å²) < 4.78 is 10.3. The zero-order valence-corrected chi connectivity index (χ0v) is 14.4. The van der Waals surface area contributed by atoms with Crippen LogP contribution in [0, 0.1) is 0 Å². The summed E-state index contributed by atoms with van der Waals surface area (Å²) >= 11 is 5.87. The van der Waals surface area contributed by atoms with E-state index in [0.717, 1.165) is 5.56 Å². The van der Waals surface area contributed by atoms with Crippen LogP contribution in [0.4, 0.5) is 0 Å². The average molecular weight is 358 g/mol. The van der Waals surface area contributed by atoms with Gasteiger partial charge < -0.3 is 14.6 Å². The first-order valence-electron chi connectivity index (χ1n) is 7.61. The van der Waals surface area contributed by atoms with Crippen molar-refractivity contribution in [2.24, 2.45) is 0 Å². The molecule has 0 fully saturated rings. The van der Waals surface area contributed by atoms with Gasteiger partial charge in [0, 0.05) is 16.1 Å². The molecular formula is C18H16ClN3O3. The van der Waals surface area contributed by atoms with E-state index in [1.165, 1.54) is 0 Å². The van der Waals surface area contributed by atoms with Crippen molar-refractivity contribution in [2.45, 2.75) is 13.0 Å². The number of carbonyl (C=O) groups excluding carboxylic acids is 1. The minimum atomic E-state index is -0.428. The summed E-state index contributed by atoms with van der Waals surface area (Å²) in [4.78, 5) is 16.6. The lowest BCUT2D eigenvalue weighted by molar-refractivity contribution is 0.0932. The Labute approximate surface area is 149 Å². The summed E-state index contributed by atoms with van der Waals surface area (Å²) in [5.74, 6) is 1.22. The van der Waals surface area contributed by atoms with Gasteiger partial charge in [0.2, 0.25) is 11.7 Å². The second-order valence-corrected chi connectivity index (χ2v) is 5.82. The van der Waals surface area contributed by atoms with Crippen LogP contribution in [0.2, 0.25) is 5.02 Å². The van der Waals surface area contributed by atoms with Crippen LogP contribution in [0.1, 0.15) is 29.2 Å². The zero-order valence-electron chi connectivity index (χ0n) is 13.7. The van der Waals surface area contributed by atoms with Gasteiger partial charge in [-0.1, -0.05) is 16.8 Å². The number of halogens is 1. The van der Waals surface area contributed by atoms with Gasteiger partial charge in [-0.3, -0.25) is 4.79 Å². The minimum Gasteiger partial charge on any atom is -0.497 e. The van der Waals surface area contributed by atoms with Crippen molar-refractivity contribution >= 4 is 17.5 Å². The molecule has 1 atom stereocenters. The standard InChI is InChI=1S/C18H16ClN3O3/c1-11(20-17(23)13-5-9-15(24-2)10-6-13)18-21-16(22-25-18)12-3-7-14(19)8-4-12/h3-11H,1-2H3,(H,20,23). The molecule has 3 rings (SSSR count). The fraction of sp³-hybridized carbons (Fsp3) is 0.167. The molecule has 0 spiro atoms.